The Kier molecular flexibility index (Phi) is 4.62. The lowest BCUT2D eigenvalue weighted by atomic mass is 9.97. The van der Waals surface area contributed by atoms with E-state index >= 15 is 0 Å². The van der Waals surface area contributed by atoms with Crippen molar-refractivity contribution in [1.82, 2.24) is 5.32 Å². The maximum atomic E-state index is 6.32. The van der Waals surface area contributed by atoms with Gasteiger partial charge >= 0.3 is 0 Å². The fraction of sp³-hybridized carbons (Fsp3) is 0.294. The lowest BCUT2D eigenvalue weighted by Crippen LogP contribution is -2.19. The van der Waals surface area contributed by atoms with E-state index in [0.717, 1.165) is 11.4 Å². The van der Waals surface area contributed by atoms with E-state index in [1.54, 1.807) is 0 Å². The molecular weight excluding hydrogens is 254 g/mol. The molecule has 0 aliphatic heterocycles. The highest BCUT2D eigenvalue weighted by Crippen LogP contribution is 2.24. The first-order valence-corrected chi connectivity index (χ1v) is 6.97. The molecule has 0 fully saturated rings. The van der Waals surface area contributed by atoms with Crippen LogP contribution in [0.1, 0.15) is 28.3 Å². The van der Waals surface area contributed by atoms with Crippen molar-refractivity contribution in [3.63, 3.8) is 0 Å². The average molecular weight is 274 g/mol. The summed E-state index contributed by atoms with van der Waals surface area (Å²) in [6.07, 6.45) is 0.902. The number of benzene rings is 2. The smallest absolute Gasteiger partial charge is 0.0441 e. The van der Waals surface area contributed by atoms with E-state index in [-0.39, 0.29) is 0 Å². The van der Waals surface area contributed by atoms with E-state index in [4.69, 9.17) is 11.6 Å². The molecule has 1 nitrogen and oxygen atoms in total. The van der Waals surface area contributed by atoms with Crippen LogP contribution in [0.2, 0.25) is 5.02 Å². The SMILES string of the molecule is CNC(Cc1ccc(C)cc1Cl)c1cccc(C)c1. The molecule has 2 heteroatoms. The number of likely N-dealkylation sites (N-methyl/N-ethyl adjacent to an activating group) is 1. The van der Waals surface area contributed by atoms with Crippen molar-refractivity contribution in [2.75, 3.05) is 7.05 Å². The van der Waals surface area contributed by atoms with Crippen LogP contribution < -0.4 is 5.32 Å². The fourth-order valence-electron chi connectivity index (χ4n) is 2.31. The van der Waals surface area contributed by atoms with Gasteiger partial charge in [-0.3, -0.25) is 0 Å². The molecule has 0 aliphatic carbocycles. The molecule has 2 aromatic rings. The minimum Gasteiger partial charge on any atom is -0.313 e. The lowest BCUT2D eigenvalue weighted by molar-refractivity contribution is 0.592. The summed E-state index contributed by atoms with van der Waals surface area (Å²) in [5, 5.41) is 4.23. The van der Waals surface area contributed by atoms with Gasteiger partial charge in [-0.15, -0.1) is 0 Å². The van der Waals surface area contributed by atoms with Gasteiger partial charge in [0.05, 0.1) is 0 Å². The van der Waals surface area contributed by atoms with Gasteiger partial charge in [-0.05, 0) is 50.1 Å². The second kappa shape index (κ2) is 6.23. The highest BCUT2D eigenvalue weighted by molar-refractivity contribution is 6.31. The van der Waals surface area contributed by atoms with Crippen molar-refractivity contribution >= 4 is 11.6 Å². The predicted octanol–water partition coefficient (Wildman–Crippen LogP) is 4.46. The van der Waals surface area contributed by atoms with Gasteiger partial charge in [0, 0.05) is 11.1 Å². The standard InChI is InChI=1S/C17H20ClN/c1-12-5-4-6-15(9-12)17(19-3)11-14-8-7-13(2)10-16(14)18/h4-10,17,19H,11H2,1-3H3. The Bertz CT molecular complexity index is 563. The third-order valence-corrected chi connectivity index (χ3v) is 3.78. The Morgan fingerprint density at radius 2 is 1.79 bits per heavy atom. The zero-order chi connectivity index (χ0) is 13.8. The summed E-state index contributed by atoms with van der Waals surface area (Å²) < 4.78 is 0. The number of nitrogens with one attached hydrogen (secondary N) is 1. The van der Waals surface area contributed by atoms with Crippen LogP contribution in [-0.2, 0) is 6.42 Å². The summed E-state index contributed by atoms with van der Waals surface area (Å²) in [6.45, 7) is 4.18. The van der Waals surface area contributed by atoms with Crippen molar-refractivity contribution in [2.24, 2.45) is 0 Å². The first kappa shape index (κ1) is 14.1. The van der Waals surface area contributed by atoms with Crippen molar-refractivity contribution in [3.8, 4) is 0 Å². The first-order chi connectivity index (χ1) is 9.10. The van der Waals surface area contributed by atoms with E-state index in [2.05, 4.69) is 55.6 Å². The predicted molar refractivity (Wildman–Crippen MR) is 82.9 cm³/mol. The number of hydrogen-bond acceptors (Lipinski definition) is 1. The third kappa shape index (κ3) is 3.59. The van der Waals surface area contributed by atoms with Crippen LogP contribution in [0.5, 0.6) is 0 Å². The molecule has 0 aliphatic rings. The molecule has 0 saturated heterocycles. The van der Waals surface area contributed by atoms with Crippen LogP contribution in [-0.4, -0.2) is 7.05 Å². The Morgan fingerprint density at radius 3 is 2.42 bits per heavy atom. The van der Waals surface area contributed by atoms with Crippen LogP contribution in [0.15, 0.2) is 42.5 Å². The molecule has 0 amide bonds. The summed E-state index contributed by atoms with van der Waals surface area (Å²) in [4.78, 5) is 0. The summed E-state index contributed by atoms with van der Waals surface area (Å²) in [7, 11) is 2.00. The van der Waals surface area contributed by atoms with E-state index in [9.17, 15) is 0 Å². The normalized spacial score (nSPS) is 12.4. The summed E-state index contributed by atoms with van der Waals surface area (Å²) in [5.41, 5.74) is 4.98. The summed E-state index contributed by atoms with van der Waals surface area (Å²) in [6, 6.07) is 15.2. The van der Waals surface area contributed by atoms with Crippen LogP contribution in [0, 0.1) is 13.8 Å². The molecule has 0 heterocycles. The maximum absolute atomic E-state index is 6.32. The van der Waals surface area contributed by atoms with Crippen LogP contribution in [0.25, 0.3) is 0 Å². The number of hydrogen-bond donors (Lipinski definition) is 1. The van der Waals surface area contributed by atoms with Crippen molar-refractivity contribution < 1.29 is 0 Å². The van der Waals surface area contributed by atoms with E-state index < -0.39 is 0 Å². The highest BCUT2D eigenvalue weighted by Gasteiger charge is 2.12. The Balaban J connectivity index is 2.24. The van der Waals surface area contributed by atoms with Gasteiger partial charge in [0.2, 0.25) is 0 Å². The van der Waals surface area contributed by atoms with Crippen molar-refractivity contribution in [2.45, 2.75) is 26.3 Å². The molecule has 100 valence electrons. The summed E-state index contributed by atoms with van der Waals surface area (Å²) >= 11 is 6.32. The van der Waals surface area contributed by atoms with Crippen LogP contribution in [0.4, 0.5) is 0 Å². The van der Waals surface area contributed by atoms with E-state index in [1.807, 2.05) is 13.1 Å². The minimum atomic E-state index is 0.292. The van der Waals surface area contributed by atoms with Crippen molar-refractivity contribution in [1.29, 1.82) is 0 Å². The van der Waals surface area contributed by atoms with Gasteiger partial charge in [0.25, 0.3) is 0 Å². The van der Waals surface area contributed by atoms with Gasteiger partial charge in [-0.25, -0.2) is 0 Å². The molecule has 1 atom stereocenters. The number of aryl methyl sites for hydroxylation is 2. The molecule has 0 spiro atoms. The number of halogens is 1. The molecule has 2 rings (SSSR count). The molecule has 0 aromatic heterocycles. The summed E-state index contributed by atoms with van der Waals surface area (Å²) in [5.74, 6) is 0. The Morgan fingerprint density at radius 1 is 1.05 bits per heavy atom. The van der Waals surface area contributed by atoms with Crippen LogP contribution in [0.3, 0.4) is 0 Å². The zero-order valence-corrected chi connectivity index (χ0v) is 12.5. The quantitative estimate of drug-likeness (QED) is 0.867. The van der Waals surface area contributed by atoms with Gasteiger partial charge in [-0.1, -0.05) is 53.6 Å². The van der Waals surface area contributed by atoms with Gasteiger partial charge in [0.1, 0.15) is 0 Å². The molecule has 1 N–H and O–H groups in total. The van der Waals surface area contributed by atoms with Gasteiger partial charge < -0.3 is 5.32 Å². The molecular formula is C17H20ClN. The van der Waals surface area contributed by atoms with E-state index in [1.165, 1.54) is 22.3 Å². The molecule has 0 radical (unpaired) electrons. The second-order valence-electron chi connectivity index (χ2n) is 5.05. The third-order valence-electron chi connectivity index (χ3n) is 3.43. The minimum absolute atomic E-state index is 0.292. The fourth-order valence-corrected chi connectivity index (χ4v) is 2.62. The molecule has 19 heavy (non-hydrogen) atoms. The van der Waals surface area contributed by atoms with E-state index in [0.29, 0.717) is 6.04 Å². The Labute approximate surface area is 120 Å². The average Bonchev–Trinajstić information content (AvgIpc) is 2.38. The second-order valence-corrected chi connectivity index (χ2v) is 5.46. The molecule has 0 saturated carbocycles. The lowest BCUT2D eigenvalue weighted by Gasteiger charge is -2.18. The maximum Gasteiger partial charge on any atom is 0.0441 e. The largest absolute Gasteiger partial charge is 0.313 e. The van der Waals surface area contributed by atoms with Crippen molar-refractivity contribution in [3.05, 3.63) is 69.7 Å². The highest BCUT2D eigenvalue weighted by atomic mass is 35.5. The van der Waals surface area contributed by atoms with Gasteiger partial charge in [-0.2, -0.15) is 0 Å². The Hall–Kier alpha value is -1.31. The molecule has 0 bridgehead atoms. The topological polar surface area (TPSA) is 12.0 Å². The zero-order valence-electron chi connectivity index (χ0n) is 11.7. The monoisotopic (exact) mass is 273 g/mol. The molecule has 2 aromatic carbocycles. The molecule has 1 unspecified atom stereocenters. The van der Waals surface area contributed by atoms with Crippen LogP contribution >= 0.6 is 11.6 Å². The number of rotatable bonds is 4. The van der Waals surface area contributed by atoms with Gasteiger partial charge in [0.15, 0.2) is 0 Å². The first-order valence-electron chi connectivity index (χ1n) is 6.59.